The first kappa shape index (κ1) is 13.5. The monoisotopic (exact) mass is 303 g/mol. The second-order valence-electron chi connectivity index (χ2n) is 4.91. The highest BCUT2D eigenvalue weighted by Gasteiger charge is 2.16. The molecule has 0 spiro atoms. The van der Waals surface area contributed by atoms with Crippen LogP contribution < -0.4 is 5.32 Å². The molecule has 0 unspecified atom stereocenters. The van der Waals surface area contributed by atoms with Crippen molar-refractivity contribution in [2.24, 2.45) is 5.41 Å². The summed E-state index contributed by atoms with van der Waals surface area (Å²) in [5.74, 6) is 0.00545. The van der Waals surface area contributed by atoms with Crippen LogP contribution in [0.4, 0.5) is 5.69 Å². The summed E-state index contributed by atoms with van der Waals surface area (Å²) in [6, 6.07) is 5.36. The molecule has 1 aromatic carbocycles. The van der Waals surface area contributed by atoms with Crippen molar-refractivity contribution < 1.29 is 4.79 Å². The van der Waals surface area contributed by atoms with E-state index in [1.54, 1.807) is 6.07 Å². The number of anilines is 1. The second kappa shape index (κ2) is 5.19. The van der Waals surface area contributed by atoms with E-state index in [1.165, 1.54) is 0 Å². The molecule has 0 fully saturated rings. The predicted octanol–water partition coefficient (Wildman–Crippen LogP) is 4.48. The zero-order chi connectivity index (χ0) is 12.3. The molecular weight excluding hydrogens is 289 g/mol. The lowest BCUT2D eigenvalue weighted by Crippen LogP contribution is -2.19. The fourth-order valence-electron chi connectivity index (χ4n) is 1.26. The van der Waals surface area contributed by atoms with E-state index in [4.69, 9.17) is 11.6 Å². The first-order valence-corrected chi connectivity index (χ1v) is 6.20. The van der Waals surface area contributed by atoms with Crippen molar-refractivity contribution in [1.29, 1.82) is 0 Å². The molecule has 0 saturated heterocycles. The minimum absolute atomic E-state index is 0.00545. The number of carbonyl (C=O) groups excluding carboxylic acids is 1. The summed E-state index contributed by atoms with van der Waals surface area (Å²) in [4.78, 5) is 11.7. The standard InChI is InChI=1S/C12H15BrClNO/c1-12(2,3)7-11(16)15-8-4-5-9(13)10(14)6-8/h4-6H,7H2,1-3H3,(H,15,16). The fourth-order valence-corrected chi connectivity index (χ4v) is 1.69. The Balaban J connectivity index is 2.67. The molecular formula is C12H15BrClNO. The molecule has 0 heterocycles. The Kier molecular flexibility index (Phi) is 4.39. The van der Waals surface area contributed by atoms with Gasteiger partial charge in [-0.1, -0.05) is 32.4 Å². The number of nitrogens with one attached hydrogen (secondary N) is 1. The van der Waals surface area contributed by atoms with Gasteiger partial charge in [0.15, 0.2) is 0 Å². The number of hydrogen-bond acceptors (Lipinski definition) is 1. The summed E-state index contributed by atoms with van der Waals surface area (Å²) < 4.78 is 0.822. The van der Waals surface area contributed by atoms with Gasteiger partial charge in [-0.2, -0.15) is 0 Å². The van der Waals surface area contributed by atoms with Crippen LogP contribution in [0.3, 0.4) is 0 Å². The average molecular weight is 305 g/mol. The third-order valence-electron chi connectivity index (χ3n) is 1.89. The van der Waals surface area contributed by atoms with Crippen LogP contribution in [-0.2, 0) is 4.79 Å². The number of amides is 1. The van der Waals surface area contributed by atoms with Crippen LogP contribution in [-0.4, -0.2) is 5.91 Å². The van der Waals surface area contributed by atoms with Gasteiger partial charge in [-0.15, -0.1) is 0 Å². The average Bonchev–Trinajstić information content (AvgIpc) is 2.08. The molecule has 1 N–H and O–H groups in total. The van der Waals surface area contributed by atoms with Crippen molar-refractivity contribution in [3.8, 4) is 0 Å². The van der Waals surface area contributed by atoms with Crippen LogP contribution in [0.15, 0.2) is 22.7 Å². The third-order valence-corrected chi connectivity index (χ3v) is 3.13. The molecule has 0 aliphatic carbocycles. The Hall–Kier alpha value is -0.540. The van der Waals surface area contributed by atoms with Crippen molar-refractivity contribution in [3.05, 3.63) is 27.7 Å². The van der Waals surface area contributed by atoms with Crippen LogP contribution in [0.1, 0.15) is 27.2 Å². The zero-order valence-electron chi connectivity index (χ0n) is 9.60. The molecule has 1 aromatic rings. The highest BCUT2D eigenvalue weighted by molar-refractivity contribution is 9.10. The predicted molar refractivity (Wildman–Crippen MR) is 71.9 cm³/mol. The van der Waals surface area contributed by atoms with Crippen molar-refractivity contribution in [2.45, 2.75) is 27.2 Å². The minimum atomic E-state index is -0.0107. The van der Waals surface area contributed by atoms with E-state index < -0.39 is 0 Å². The van der Waals surface area contributed by atoms with Gasteiger partial charge in [-0.3, -0.25) is 4.79 Å². The van der Waals surface area contributed by atoms with Crippen LogP contribution in [0.25, 0.3) is 0 Å². The molecule has 1 rings (SSSR count). The van der Waals surface area contributed by atoms with Gasteiger partial charge in [0.2, 0.25) is 5.91 Å². The second-order valence-corrected chi connectivity index (χ2v) is 6.18. The number of carbonyl (C=O) groups is 1. The molecule has 4 heteroatoms. The largest absolute Gasteiger partial charge is 0.326 e. The summed E-state index contributed by atoms with van der Waals surface area (Å²) in [6.45, 7) is 6.09. The van der Waals surface area contributed by atoms with Crippen molar-refractivity contribution in [1.82, 2.24) is 0 Å². The summed E-state index contributed by atoms with van der Waals surface area (Å²) in [5, 5.41) is 3.41. The molecule has 0 radical (unpaired) electrons. The van der Waals surface area contributed by atoms with Gasteiger partial charge in [0, 0.05) is 16.6 Å². The van der Waals surface area contributed by atoms with E-state index in [2.05, 4.69) is 21.2 Å². The van der Waals surface area contributed by atoms with Gasteiger partial charge in [0.25, 0.3) is 0 Å². The van der Waals surface area contributed by atoms with Gasteiger partial charge < -0.3 is 5.32 Å². The molecule has 88 valence electrons. The maximum absolute atomic E-state index is 11.7. The van der Waals surface area contributed by atoms with Gasteiger partial charge in [-0.05, 0) is 39.5 Å². The summed E-state index contributed by atoms with van der Waals surface area (Å²) in [6.07, 6.45) is 0.487. The molecule has 0 aliphatic heterocycles. The SMILES string of the molecule is CC(C)(C)CC(=O)Nc1ccc(Br)c(Cl)c1. The molecule has 16 heavy (non-hydrogen) atoms. The van der Waals surface area contributed by atoms with E-state index in [9.17, 15) is 4.79 Å². The van der Waals surface area contributed by atoms with Gasteiger partial charge in [0.05, 0.1) is 5.02 Å². The van der Waals surface area contributed by atoms with Crippen LogP contribution in [0.2, 0.25) is 5.02 Å². The summed E-state index contributed by atoms with van der Waals surface area (Å²) in [7, 11) is 0. The van der Waals surface area contributed by atoms with Crippen LogP contribution >= 0.6 is 27.5 Å². The van der Waals surface area contributed by atoms with Crippen LogP contribution in [0, 0.1) is 5.41 Å². The number of halogens is 2. The Labute approximate surface area is 110 Å². The molecule has 0 atom stereocenters. The van der Waals surface area contributed by atoms with E-state index in [0.717, 1.165) is 10.2 Å². The molecule has 2 nitrogen and oxygen atoms in total. The van der Waals surface area contributed by atoms with Gasteiger partial charge in [-0.25, -0.2) is 0 Å². The van der Waals surface area contributed by atoms with E-state index >= 15 is 0 Å². The van der Waals surface area contributed by atoms with Gasteiger partial charge >= 0.3 is 0 Å². The summed E-state index contributed by atoms with van der Waals surface area (Å²) in [5.41, 5.74) is 0.714. The Morgan fingerprint density at radius 3 is 2.56 bits per heavy atom. The van der Waals surface area contributed by atoms with E-state index in [-0.39, 0.29) is 11.3 Å². The molecule has 0 aromatic heterocycles. The zero-order valence-corrected chi connectivity index (χ0v) is 11.9. The maximum Gasteiger partial charge on any atom is 0.224 e. The molecule has 0 saturated carbocycles. The molecule has 0 aliphatic rings. The Morgan fingerprint density at radius 2 is 2.06 bits per heavy atom. The lowest BCUT2D eigenvalue weighted by molar-refractivity contribution is -0.117. The highest BCUT2D eigenvalue weighted by Crippen LogP contribution is 2.26. The van der Waals surface area contributed by atoms with Crippen molar-refractivity contribution in [3.63, 3.8) is 0 Å². The number of benzene rings is 1. The highest BCUT2D eigenvalue weighted by atomic mass is 79.9. The van der Waals surface area contributed by atoms with Crippen LogP contribution in [0.5, 0.6) is 0 Å². The van der Waals surface area contributed by atoms with Gasteiger partial charge in [0.1, 0.15) is 0 Å². The van der Waals surface area contributed by atoms with Crippen molar-refractivity contribution >= 4 is 39.1 Å². The normalized spacial score (nSPS) is 11.3. The Morgan fingerprint density at radius 1 is 1.44 bits per heavy atom. The first-order chi connectivity index (χ1) is 7.28. The topological polar surface area (TPSA) is 29.1 Å². The Bertz CT molecular complexity index is 398. The molecule has 1 amide bonds. The van der Waals surface area contributed by atoms with Crippen molar-refractivity contribution in [2.75, 3.05) is 5.32 Å². The smallest absolute Gasteiger partial charge is 0.224 e. The third kappa shape index (κ3) is 4.54. The van der Waals surface area contributed by atoms with E-state index in [1.807, 2.05) is 32.9 Å². The lowest BCUT2D eigenvalue weighted by Gasteiger charge is -2.17. The number of hydrogen-bond donors (Lipinski definition) is 1. The maximum atomic E-state index is 11.7. The molecule has 0 bridgehead atoms. The van der Waals surface area contributed by atoms with E-state index in [0.29, 0.717) is 11.4 Å². The quantitative estimate of drug-likeness (QED) is 0.857. The lowest BCUT2D eigenvalue weighted by atomic mass is 9.92. The summed E-state index contributed by atoms with van der Waals surface area (Å²) >= 11 is 9.23. The minimum Gasteiger partial charge on any atom is -0.326 e. The number of rotatable bonds is 2. The fraction of sp³-hybridized carbons (Fsp3) is 0.417. The first-order valence-electron chi connectivity index (χ1n) is 5.03.